The first-order chi connectivity index (χ1) is 26.7. The lowest BCUT2D eigenvalue weighted by Gasteiger charge is -2.32. The molecule has 0 spiro atoms. The molecule has 8 aromatic carbocycles. The van der Waals surface area contributed by atoms with Crippen LogP contribution in [-0.2, 0) is 0 Å². The number of fused-ring (bicyclic) bond motifs is 7. The molecule has 3 heterocycles. The summed E-state index contributed by atoms with van der Waals surface area (Å²) < 4.78 is 13.3. The van der Waals surface area contributed by atoms with Crippen LogP contribution in [0.3, 0.4) is 0 Å². The van der Waals surface area contributed by atoms with E-state index in [2.05, 4.69) is 162 Å². The van der Waals surface area contributed by atoms with Gasteiger partial charge in [0.15, 0.2) is 0 Å². The molecule has 0 radical (unpaired) electrons. The Labute approximate surface area is 311 Å². The van der Waals surface area contributed by atoms with Crippen molar-refractivity contribution in [3.8, 4) is 22.3 Å². The monoisotopic (exact) mass is 695 g/mol. The van der Waals surface area contributed by atoms with Gasteiger partial charge in [0.25, 0.3) is 0 Å². The van der Waals surface area contributed by atoms with Crippen molar-refractivity contribution in [3.63, 3.8) is 0 Å². The summed E-state index contributed by atoms with van der Waals surface area (Å²) >= 11 is 0. The molecular weight excluding hydrogens is 663 g/mol. The molecule has 11 rings (SSSR count). The Hall–Kier alpha value is -6.95. The van der Waals surface area contributed by atoms with Crippen molar-refractivity contribution in [2.45, 2.75) is 12.3 Å². The highest BCUT2D eigenvalue weighted by Gasteiger charge is 2.26. The molecule has 1 aliphatic rings. The Morgan fingerprint density at radius 3 is 1.80 bits per heavy atom. The van der Waals surface area contributed by atoms with Gasteiger partial charge in [-0.2, -0.15) is 0 Å². The van der Waals surface area contributed by atoms with E-state index < -0.39 is 0 Å². The van der Waals surface area contributed by atoms with Gasteiger partial charge in [-0.05, 0) is 63.4 Å². The third-order valence-electron chi connectivity index (χ3n) is 10.7. The predicted molar refractivity (Wildman–Crippen MR) is 221 cm³/mol. The largest absolute Gasteiger partial charge is 0.456 e. The number of amidine groups is 1. The fourth-order valence-corrected chi connectivity index (χ4v) is 8.07. The Kier molecular flexibility index (Phi) is 7.00. The quantitative estimate of drug-likeness (QED) is 0.188. The molecule has 0 aliphatic carbocycles. The molecule has 0 bridgehead atoms. The summed E-state index contributed by atoms with van der Waals surface area (Å²) in [5.74, 6) is 0.861. The number of nitrogens with one attached hydrogen (secondary N) is 2. The summed E-state index contributed by atoms with van der Waals surface area (Å²) in [6.45, 7) is 0. The minimum atomic E-state index is -0.264. The number of nitrogens with zero attached hydrogens (tertiary/aromatic N) is 1. The van der Waals surface area contributed by atoms with E-state index in [0.29, 0.717) is 0 Å². The van der Waals surface area contributed by atoms with Crippen LogP contribution in [0.2, 0.25) is 0 Å². The van der Waals surface area contributed by atoms with Crippen molar-refractivity contribution in [2.75, 3.05) is 0 Å². The van der Waals surface area contributed by atoms with Gasteiger partial charge in [-0.25, -0.2) is 4.99 Å². The zero-order valence-corrected chi connectivity index (χ0v) is 29.2. The maximum atomic E-state index is 6.90. The van der Waals surface area contributed by atoms with E-state index >= 15 is 0 Å². The van der Waals surface area contributed by atoms with Gasteiger partial charge in [0.05, 0.1) is 0 Å². The molecule has 10 aromatic rings. The van der Waals surface area contributed by atoms with Crippen molar-refractivity contribution in [1.82, 2.24) is 10.6 Å². The van der Waals surface area contributed by atoms with Crippen LogP contribution in [0.15, 0.2) is 190 Å². The van der Waals surface area contributed by atoms with Crippen LogP contribution in [0.4, 0.5) is 0 Å². The van der Waals surface area contributed by atoms with Gasteiger partial charge in [0, 0.05) is 38.2 Å². The van der Waals surface area contributed by atoms with E-state index in [9.17, 15) is 0 Å². The minimum absolute atomic E-state index is 0.108. The second-order valence-electron chi connectivity index (χ2n) is 14.0. The van der Waals surface area contributed by atoms with Crippen LogP contribution in [0.5, 0.6) is 0 Å². The van der Waals surface area contributed by atoms with Crippen LogP contribution in [0.1, 0.15) is 29.0 Å². The Morgan fingerprint density at radius 2 is 1.04 bits per heavy atom. The lowest BCUT2D eigenvalue weighted by atomic mass is 9.98. The summed E-state index contributed by atoms with van der Waals surface area (Å²) in [6, 6.07) is 61.5. The van der Waals surface area contributed by atoms with Crippen LogP contribution in [0, 0.1) is 0 Å². The first-order valence-electron chi connectivity index (χ1n) is 18.3. The SMILES string of the molecule is c1ccc(C2=NC(c3cccc(-c4cccc5c4oc4c(-c6ccc7c(c6)oc6cc8ccccc8cc67)cccc45)c3)NC(c3ccccc3)N2)cc1. The number of aliphatic imine (C=N–C) groups is 1. The summed E-state index contributed by atoms with van der Waals surface area (Å²) in [5.41, 5.74) is 11.0. The highest BCUT2D eigenvalue weighted by atomic mass is 16.3. The van der Waals surface area contributed by atoms with E-state index in [1.54, 1.807) is 0 Å². The standard InChI is InChI=1S/C49H33N3O2/c1-3-12-30(13-4-1)47-50-48(31-14-5-2-6-15-31)52-49(51-47)36-19-9-18-34(26-36)37-20-10-22-40-41-23-11-21-38(46(41)54-45(37)40)35-24-25-39-42-27-32-16-7-8-17-33(32)28-44(42)53-43(39)29-35/h1-29,47,49,51H,(H,50,52). The average molecular weight is 696 g/mol. The highest BCUT2D eigenvalue weighted by molar-refractivity contribution is 6.14. The van der Waals surface area contributed by atoms with Gasteiger partial charge < -0.3 is 14.2 Å². The first kappa shape index (κ1) is 30.7. The first-order valence-corrected chi connectivity index (χ1v) is 18.3. The summed E-state index contributed by atoms with van der Waals surface area (Å²) in [7, 11) is 0. The van der Waals surface area contributed by atoms with Crippen LogP contribution >= 0.6 is 0 Å². The normalized spacial score (nSPS) is 16.0. The number of rotatable bonds is 5. The number of furan rings is 2. The third kappa shape index (κ3) is 5.09. The molecule has 5 heteroatoms. The zero-order chi connectivity index (χ0) is 35.6. The predicted octanol–water partition coefficient (Wildman–Crippen LogP) is 12.3. The summed E-state index contributed by atoms with van der Waals surface area (Å²) in [4.78, 5) is 5.19. The third-order valence-corrected chi connectivity index (χ3v) is 10.7. The molecule has 0 saturated carbocycles. The fraction of sp³-hybridized carbons (Fsp3) is 0.0408. The Balaban J connectivity index is 0.999. The van der Waals surface area contributed by atoms with Crippen molar-refractivity contribution in [1.29, 1.82) is 0 Å². The van der Waals surface area contributed by atoms with Gasteiger partial charge in [-0.3, -0.25) is 5.32 Å². The molecule has 1 aliphatic heterocycles. The van der Waals surface area contributed by atoms with E-state index in [-0.39, 0.29) is 12.3 Å². The van der Waals surface area contributed by atoms with Gasteiger partial charge in [0.1, 0.15) is 40.5 Å². The number of benzene rings is 8. The Bertz CT molecular complexity index is 3070. The molecule has 2 unspecified atom stereocenters. The van der Waals surface area contributed by atoms with Gasteiger partial charge in [-0.1, -0.05) is 146 Å². The molecule has 2 atom stereocenters. The maximum absolute atomic E-state index is 6.90. The van der Waals surface area contributed by atoms with Crippen molar-refractivity contribution in [3.05, 3.63) is 193 Å². The van der Waals surface area contributed by atoms with E-state index in [1.165, 1.54) is 10.8 Å². The minimum Gasteiger partial charge on any atom is -0.456 e. The van der Waals surface area contributed by atoms with Crippen LogP contribution < -0.4 is 10.6 Å². The number of para-hydroxylation sites is 2. The molecular formula is C49H33N3O2. The van der Waals surface area contributed by atoms with Gasteiger partial charge in [0.2, 0.25) is 0 Å². The summed E-state index contributed by atoms with van der Waals surface area (Å²) in [6.07, 6.45) is -0.372. The second kappa shape index (κ2) is 12.3. The molecule has 0 fully saturated rings. The van der Waals surface area contributed by atoms with Crippen LogP contribution in [0.25, 0.3) is 76.9 Å². The molecule has 0 amide bonds. The molecule has 2 aromatic heterocycles. The number of hydrogen-bond acceptors (Lipinski definition) is 5. The van der Waals surface area contributed by atoms with E-state index in [0.717, 1.165) is 88.7 Å². The molecule has 256 valence electrons. The van der Waals surface area contributed by atoms with Gasteiger partial charge in [-0.15, -0.1) is 0 Å². The molecule has 5 nitrogen and oxygen atoms in total. The van der Waals surface area contributed by atoms with E-state index in [1.807, 2.05) is 24.3 Å². The lowest BCUT2D eigenvalue weighted by Crippen LogP contribution is -2.44. The average Bonchev–Trinajstić information content (AvgIpc) is 3.81. The van der Waals surface area contributed by atoms with Crippen LogP contribution in [-0.4, -0.2) is 5.84 Å². The molecule has 54 heavy (non-hydrogen) atoms. The molecule has 0 saturated heterocycles. The Morgan fingerprint density at radius 1 is 0.426 bits per heavy atom. The summed E-state index contributed by atoms with van der Waals surface area (Å²) in [5, 5.41) is 14.2. The van der Waals surface area contributed by atoms with Crippen molar-refractivity contribution < 1.29 is 8.83 Å². The zero-order valence-electron chi connectivity index (χ0n) is 29.2. The lowest BCUT2D eigenvalue weighted by molar-refractivity contribution is 0.409. The maximum Gasteiger partial charge on any atom is 0.143 e. The van der Waals surface area contributed by atoms with Crippen molar-refractivity contribution in [2.24, 2.45) is 4.99 Å². The van der Waals surface area contributed by atoms with E-state index in [4.69, 9.17) is 13.8 Å². The molecule has 2 N–H and O–H groups in total. The van der Waals surface area contributed by atoms with Crippen molar-refractivity contribution >= 4 is 60.5 Å². The smallest absolute Gasteiger partial charge is 0.143 e. The topological polar surface area (TPSA) is 62.7 Å². The van der Waals surface area contributed by atoms with Gasteiger partial charge >= 0.3 is 0 Å². The second-order valence-corrected chi connectivity index (χ2v) is 14.0. The fourth-order valence-electron chi connectivity index (χ4n) is 8.07. The highest BCUT2D eigenvalue weighted by Crippen LogP contribution is 2.42. The number of hydrogen-bond donors (Lipinski definition) is 2.